The van der Waals surface area contributed by atoms with Gasteiger partial charge >= 0.3 is 6.01 Å². The Morgan fingerprint density at radius 2 is 1.95 bits per heavy atom. The molecule has 2 fully saturated rings. The van der Waals surface area contributed by atoms with Crippen LogP contribution in [0.2, 0.25) is 5.02 Å². The fourth-order valence-electron chi connectivity index (χ4n) is 5.59. The van der Waals surface area contributed by atoms with Gasteiger partial charge < -0.3 is 28.9 Å². The Morgan fingerprint density at radius 3 is 2.69 bits per heavy atom. The second-order valence-corrected chi connectivity index (χ2v) is 10.6. The summed E-state index contributed by atoms with van der Waals surface area (Å²) >= 11 is 6.61. The summed E-state index contributed by atoms with van der Waals surface area (Å²) in [7, 11) is 2.11. The number of benzene rings is 2. The molecule has 0 aliphatic carbocycles. The minimum Gasteiger partial charge on any atom is -0.481 e. The van der Waals surface area contributed by atoms with Crippen LogP contribution < -0.4 is 19.1 Å². The number of hydrogen-bond acceptors (Lipinski definition) is 8. The van der Waals surface area contributed by atoms with E-state index in [1.54, 1.807) is 4.90 Å². The highest BCUT2D eigenvalue weighted by Crippen LogP contribution is 2.44. The highest BCUT2D eigenvalue weighted by molar-refractivity contribution is 6.35. The van der Waals surface area contributed by atoms with Gasteiger partial charge in [-0.2, -0.15) is 9.97 Å². The third kappa shape index (κ3) is 5.08. The molecule has 3 aliphatic heterocycles. The van der Waals surface area contributed by atoms with Gasteiger partial charge in [0.2, 0.25) is 11.7 Å². The molecule has 3 aliphatic rings. The maximum Gasteiger partial charge on any atom is 0.322 e. The topological polar surface area (TPSA) is 80.3 Å². The summed E-state index contributed by atoms with van der Waals surface area (Å²) in [5, 5.41) is 2.64. The first-order chi connectivity index (χ1) is 19.0. The summed E-state index contributed by atoms with van der Waals surface area (Å²) in [4.78, 5) is 27.7. The monoisotopic (exact) mass is 549 g/mol. The summed E-state index contributed by atoms with van der Waals surface area (Å²) < 4.78 is 18.9. The number of carbonyl (C=O) groups excluding carboxylic acids is 1. The van der Waals surface area contributed by atoms with E-state index in [4.69, 9.17) is 30.8 Å². The Kier molecular flexibility index (Phi) is 7.18. The number of likely N-dealkylation sites (tertiary alicyclic amines) is 1. The number of anilines is 1. The molecule has 2 atom stereocenters. The Balaban J connectivity index is 1.31. The van der Waals surface area contributed by atoms with Crippen LogP contribution in [0, 0.1) is 0 Å². The van der Waals surface area contributed by atoms with Crippen molar-refractivity contribution in [1.82, 2.24) is 19.8 Å². The Bertz CT molecular complexity index is 1390. The van der Waals surface area contributed by atoms with E-state index in [0.29, 0.717) is 61.3 Å². The first-order valence-electron chi connectivity index (χ1n) is 13.4. The largest absolute Gasteiger partial charge is 0.481 e. The molecule has 6 rings (SSSR count). The van der Waals surface area contributed by atoms with Crippen LogP contribution in [0.5, 0.6) is 17.6 Å². The number of hydrogen-bond donors (Lipinski definition) is 0. The molecule has 0 N–H and O–H groups in total. The second kappa shape index (κ2) is 10.9. The van der Waals surface area contributed by atoms with Gasteiger partial charge in [0, 0.05) is 48.2 Å². The van der Waals surface area contributed by atoms with Crippen molar-refractivity contribution in [2.45, 2.75) is 25.0 Å². The average molecular weight is 550 g/mol. The number of ether oxygens (including phenoxy) is 3. The normalized spacial score (nSPS) is 21.3. The highest BCUT2D eigenvalue weighted by Gasteiger charge is 2.33. The van der Waals surface area contributed by atoms with Gasteiger partial charge in [-0.25, -0.2) is 0 Å². The number of nitrogens with zero attached hydrogens (tertiary/aromatic N) is 5. The first kappa shape index (κ1) is 25.7. The molecule has 0 bridgehead atoms. The molecule has 2 saturated heterocycles. The van der Waals surface area contributed by atoms with Gasteiger partial charge in [-0.1, -0.05) is 48.5 Å². The van der Waals surface area contributed by atoms with Crippen LogP contribution in [-0.2, 0) is 4.79 Å². The fourth-order valence-corrected chi connectivity index (χ4v) is 5.88. The Morgan fingerprint density at radius 1 is 1.15 bits per heavy atom. The molecule has 0 radical (unpaired) electrons. The zero-order valence-electron chi connectivity index (χ0n) is 22.0. The zero-order valence-corrected chi connectivity index (χ0v) is 22.8. The molecule has 39 heavy (non-hydrogen) atoms. The van der Waals surface area contributed by atoms with Crippen LogP contribution in [0.15, 0.2) is 49.1 Å². The summed E-state index contributed by atoms with van der Waals surface area (Å²) in [6, 6.07) is 12.5. The molecule has 1 unspecified atom stereocenters. The SMILES string of the molecule is C=CC(=O)N1CCN(c2nc(OC[C@@H]3CCCN3C)nc3c2OCC(c2cccc4cccc(Cl)c24)O3)CC1. The predicted molar refractivity (Wildman–Crippen MR) is 150 cm³/mol. The fraction of sp³-hybridized carbons (Fsp3) is 0.414. The van der Waals surface area contributed by atoms with Crippen molar-refractivity contribution < 1.29 is 19.0 Å². The minimum atomic E-state index is -0.403. The summed E-state index contributed by atoms with van der Waals surface area (Å²) in [5.74, 6) is 1.39. The van der Waals surface area contributed by atoms with E-state index >= 15 is 0 Å². The Hall–Kier alpha value is -3.56. The first-order valence-corrected chi connectivity index (χ1v) is 13.8. The van der Waals surface area contributed by atoms with Crippen molar-refractivity contribution in [2.24, 2.45) is 0 Å². The van der Waals surface area contributed by atoms with E-state index < -0.39 is 6.10 Å². The number of amides is 1. The van der Waals surface area contributed by atoms with Gasteiger partial charge in [-0.3, -0.25) is 4.79 Å². The van der Waals surface area contributed by atoms with Crippen LogP contribution in [0.1, 0.15) is 24.5 Å². The van der Waals surface area contributed by atoms with Crippen LogP contribution in [0.4, 0.5) is 5.82 Å². The number of aromatic nitrogens is 2. The molecule has 0 spiro atoms. The van der Waals surface area contributed by atoms with Crippen LogP contribution in [0.3, 0.4) is 0 Å². The molecule has 3 aromatic rings. The van der Waals surface area contributed by atoms with Crippen molar-refractivity contribution in [3.05, 3.63) is 59.6 Å². The van der Waals surface area contributed by atoms with E-state index in [2.05, 4.69) is 28.4 Å². The molecule has 204 valence electrons. The number of halogens is 1. The van der Waals surface area contributed by atoms with Gasteiger partial charge in [-0.05, 0) is 44.0 Å². The van der Waals surface area contributed by atoms with E-state index in [9.17, 15) is 4.79 Å². The van der Waals surface area contributed by atoms with E-state index in [0.717, 1.165) is 35.7 Å². The molecule has 1 amide bonds. The third-order valence-electron chi connectivity index (χ3n) is 7.80. The maximum atomic E-state index is 12.1. The van der Waals surface area contributed by atoms with Gasteiger partial charge in [-0.15, -0.1) is 0 Å². The van der Waals surface area contributed by atoms with Crippen molar-refractivity contribution in [3.63, 3.8) is 0 Å². The molecule has 0 saturated carbocycles. The van der Waals surface area contributed by atoms with Crippen molar-refractivity contribution in [1.29, 1.82) is 0 Å². The molecule has 4 heterocycles. The molecular formula is C29H32ClN5O4. The predicted octanol–water partition coefficient (Wildman–Crippen LogP) is 4.10. The Labute approximate surface area is 232 Å². The van der Waals surface area contributed by atoms with Crippen molar-refractivity contribution >= 4 is 34.1 Å². The maximum absolute atomic E-state index is 12.1. The van der Waals surface area contributed by atoms with Crippen LogP contribution in [0.25, 0.3) is 10.8 Å². The lowest BCUT2D eigenvalue weighted by atomic mass is 10.0. The van der Waals surface area contributed by atoms with E-state index in [1.165, 1.54) is 6.08 Å². The number of piperazine rings is 1. The number of rotatable bonds is 6. The number of fused-ring (bicyclic) bond motifs is 2. The van der Waals surface area contributed by atoms with Crippen LogP contribution >= 0.6 is 11.6 Å². The summed E-state index contributed by atoms with van der Waals surface area (Å²) in [6.45, 7) is 7.77. The second-order valence-electron chi connectivity index (χ2n) is 10.2. The third-order valence-corrected chi connectivity index (χ3v) is 8.12. The van der Waals surface area contributed by atoms with Crippen molar-refractivity contribution in [2.75, 3.05) is 57.9 Å². The smallest absolute Gasteiger partial charge is 0.322 e. The van der Waals surface area contributed by atoms with Crippen LogP contribution in [-0.4, -0.2) is 84.7 Å². The highest BCUT2D eigenvalue weighted by atomic mass is 35.5. The average Bonchev–Trinajstić information content (AvgIpc) is 3.39. The molecular weight excluding hydrogens is 518 g/mol. The van der Waals surface area contributed by atoms with Gasteiger partial charge in [0.25, 0.3) is 5.88 Å². The zero-order chi connectivity index (χ0) is 26.9. The molecule has 1 aromatic heterocycles. The minimum absolute atomic E-state index is 0.0692. The summed E-state index contributed by atoms with van der Waals surface area (Å²) in [5.41, 5.74) is 0.940. The van der Waals surface area contributed by atoms with Gasteiger partial charge in [0.15, 0.2) is 11.9 Å². The molecule has 10 heteroatoms. The lowest BCUT2D eigenvalue weighted by molar-refractivity contribution is -0.126. The summed E-state index contributed by atoms with van der Waals surface area (Å²) in [6.07, 6.45) is 3.18. The van der Waals surface area contributed by atoms with Crippen molar-refractivity contribution in [3.8, 4) is 17.6 Å². The quantitative estimate of drug-likeness (QED) is 0.425. The van der Waals surface area contributed by atoms with E-state index in [-0.39, 0.29) is 18.5 Å². The standard InChI is InChI=1S/C29H32ClN5O4/c1-3-24(36)34-13-15-35(16-14-34)27-26-28(32-29(31-27)38-17-20-9-6-12-33(20)2)39-23(18-37-26)21-10-4-7-19-8-5-11-22(30)25(19)21/h3-5,7-8,10-11,20,23H,1,6,9,12-18H2,2H3/t20-,23?/m0/s1. The lowest BCUT2D eigenvalue weighted by Crippen LogP contribution is -2.48. The van der Waals surface area contributed by atoms with E-state index in [1.807, 2.05) is 36.4 Å². The molecule has 9 nitrogen and oxygen atoms in total. The lowest BCUT2D eigenvalue weighted by Gasteiger charge is -2.36. The number of carbonyl (C=O) groups is 1. The number of likely N-dealkylation sites (N-methyl/N-ethyl adjacent to an activating group) is 1. The van der Waals surface area contributed by atoms with Gasteiger partial charge in [0.05, 0.1) is 0 Å². The van der Waals surface area contributed by atoms with Gasteiger partial charge in [0.1, 0.15) is 13.2 Å². The molecule has 2 aromatic carbocycles.